The van der Waals surface area contributed by atoms with Gasteiger partial charge in [0, 0.05) is 19.3 Å². The van der Waals surface area contributed by atoms with Crippen LogP contribution in [0, 0.1) is 13.8 Å². The van der Waals surface area contributed by atoms with Crippen LogP contribution in [0.1, 0.15) is 27.4 Å². The molecule has 0 fully saturated rings. The number of ether oxygens (including phenoxy) is 1. The number of nitrogens with one attached hydrogen (secondary N) is 1. The predicted octanol–water partition coefficient (Wildman–Crippen LogP) is 4.01. The van der Waals surface area contributed by atoms with E-state index >= 15 is 0 Å². The molecule has 7 nitrogen and oxygen atoms in total. The van der Waals surface area contributed by atoms with Gasteiger partial charge in [0.05, 0.1) is 16.8 Å². The number of benzene rings is 2. The predicted molar refractivity (Wildman–Crippen MR) is 105 cm³/mol. The number of carbonyl (C=O) groups is 1. The summed E-state index contributed by atoms with van der Waals surface area (Å²) in [7, 11) is 1.80. The van der Waals surface area contributed by atoms with Gasteiger partial charge in [-0.05, 0) is 36.8 Å². The number of nitrogens with zero attached hydrogens (tertiary/aromatic N) is 3. The number of amides is 1. The van der Waals surface area contributed by atoms with Crippen LogP contribution in [0.3, 0.4) is 0 Å². The highest BCUT2D eigenvalue weighted by Crippen LogP contribution is 2.28. The van der Waals surface area contributed by atoms with E-state index in [0.717, 1.165) is 22.0 Å². The smallest absolute Gasteiger partial charge is 0.260 e. The number of hydrogen-bond acceptors (Lipinski definition) is 5. The van der Waals surface area contributed by atoms with Crippen molar-refractivity contribution < 1.29 is 14.1 Å². The van der Waals surface area contributed by atoms with Crippen LogP contribution < -0.4 is 10.1 Å². The quantitative estimate of drug-likeness (QED) is 0.569. The Morgan fingerprint density at radius 2 is 1.93 bits per heavy atom. The third kappa shape index (κ3) is 3.46. The maximum Gasteiger partial charge on any atom is 0.260 e. The van der Waals surface area contributed by atoms with Crippen LogP contribution in [-0.2, 0) is 13.7 Å². The van der Waals surface area contributed by atoms with Crippen LogP contribution in [-0.4, -0.2) is 20.8 Å². The Hall–Kier alpha value is -3.61. The Morgan fingerprint density at radius 3 is 2.57 bits per heavy atom. The summed E-state index contributed by atoms with van der Waals surface area (Å²) in [5.74, 6) is 1.40. The second-order valence-electron chi connectivity index (χ2n) is 6.62. The molecule has 0 aliphatic heterocycles. The first-order valence-corrected chi connectivity index (χ1v) is 8.89. The van der Waals surface area contributed by atoms with Crippen LogP contribution in [0.5, 0.6) is 5.75 Å². The van der Waals surface area contributed by atoms with Crippen molar-refractivity contribution in [1.82, 2.24) is 14.9 Å². The summed E-state index contributed by atoms with van der Waals surface area (Å²) in [6.07, 6.45) is 1.77. The molecule has 0 radical (unpaired) electrons. The zero-order chi connectivity index (χ0) is 19.7. The number of hydrogen-bond donors (Lipinski definition) is 1. The van der Waals surface area contributed by atoms with E-state index in [9.17, 15) is 4.79 Å². The molecular weight excluding hydrogens is 356 g/mol. The highest BCUT2D eigenvalue weighted by molar-refractivity contribution is 6.08. The molecule has 28 heavy (non-hydrogen) atoms. The molecule has 0 saturated carbocycles. The van der Waals surface area contributed by atoms with Gasteiger partial charge in [0.25, 0.3) is 5.91 Å². The van der Waals surface area contributed by atoms with Crippen LogP contribution in [0.15, 0.2) is 53.2 Å². The van der Waals surface area contributed by atoms with Crippen molar-refractivity contribution >= 4 is 22.5 Å². The number of rotatable bonds is 5. The van der Waals surface area contributed by atoms with Gasteiger partial charge in [0.15, 0.2) is 5.82 Å². The van der Waals surface area contributed by atoms with Gasteiger partial charge in [-0.2, -0.15) is 5.10 Å². The Bertz CT molecular complexity index is 1140. The summed E-state index contributed by atoms with van der Waals surface area (Å²) in [6.45, 7) is 3.97. The maximum absolute atomic E-state index is 12.9. The second kappa shape index (κ2) is 7.19. The number of aryl methyl sites for hydroxylation is 3. The van der Waals surface area contributed by atoms with Crippen molar-refractivity contribution in [3.63, 3.8) is 0 Å². The number of anilines is 1. The summed E-state index contributed by atoms with van der Waals surface area (Å²) in [5.41, 5.74) is 2.10. The van der Waals surface area contributed by atoms with E-state index in [0.29, 0.717) is 22.9 Å². The molecule has 0 saturated heterocycles. The summed E-state index contributed by atoms with van der Waals surface area (Å²) in [5, 5.41) is 12.9. The fourth-order valence-electron chi connectivity index (χ4n) is 3.04. The lowest BCUT2D eigenvalue weighted by Crippen LogP contribution is -2.14. The molecule has 2 aromatic heterocycles. The minimum absolute atomic E-state index is 0.267. The van der Waals surface area contributed by atoms with Gasteiger partial charge in [-0.3, -0.25) is 9.48 Å². The third-order valence-electron chi connectivity index (χ3n) is 4.60. The molecule has 4 rings (SSSR count). The van der Waals surface area contributed by atoms with E-state index in [2.05, 4.69) is 15.6 Å². The van der Waals surface area contributed by atoms with Gasteiger partial charge in [-0.1, -0.05) is 29.4 Å². The molecular formula is C21H20N4O3. The van der Waals surface area contributed by atoms with Crippen molar-refractivity contribution in [1.29, 1.82) is 0 Å². The standard InChI is InChI=1S/C21H20N4O3/c1-13-18(14(2)28-24-13)12-27-19-11-16-7-5-4-6-15(16)10-17(19)21(26)22-20-8-9-25(3)23-20/h4-11H,12H2,1-3H3,(H,22,23,26). The van der Waals surface area contributed by atoms with Gasteiger partial charge < -0.3 is 14.6 Å². The summed E-state index contributed by atoms with van der Waals surface area (Å²) >= 11 is 0. The molecule has 4 aromatic rings. The molecule has 0 bridgehead atoms. The number of fused-ring (bicyclic) bond motifs is 1. The first kappa shape index (κ1) is 17.8. The average Bonchev–Trinajstić information content (AvgIpc) is 3.24. The lowest BCUT2D eigenvalue weighted by Gasteiger charge is -2.13. The average molecular weight is 376 g/mol. The molecule has 142 valence electrons. The summed E-state index contributed by atoms with van der Waals surface area (Å²) in [6, 6.07) is 13.3. The van der Waals surface area contributed by atoms with Crippen molar-refractivity contribution in [2.45, 2.75) is 20.5 Å². The van der Waals surface area contributed by atoms with Gasteiger partial charge in [-0.25, -0.2) is 0 Å². The molecule has 2 heterocycles. The van der Waals surface area contributed by atoms with E-state index in [1.807, 2.05) is 50.2 Å². The first-order valence-electron chi connectivity index (χ1n) is 8.89. The van der Waals surface area contributed by atoms with E-state index in [1.165, 1.54) is 0 Å². The fraction of sp³-hybridized carbons (Fsp3) is 0.190. The highest BCUT2D eigenvalue weighted by Gasteiger charge is 2.17. The van der Waals surface area contributed by atoms with E-state index in [1.54, 1.807) is 24.0 Å². The van der Waals surface area contributed by atoms with Crippen molar-refractivity contribution in [2.24, 2.45) is 7.05 Å². The van der Waals surface area contributed by atoms with E-state index < -0.39 is 0 Å². The minimum atomic E-state index is -0.279. The number of carbonyl (C=O) groups excluding carboxylic acids is 1. The molecule has 0 spiro atoms. The maximum atomic E-state index is 12.9. The molecule has 0 unspecified atom stereocenters. The Balaban J connectivity index is 1.68. The Morgan fingerprint density at radius 1 is 1.18 bits per heavy atom. The summed E-state index contributed by atoms with van der Waals surface area (Å²) in [4.78, 5) is 12.9. The van der Waals surface area contributed by atoms with Crippen molar-refractivity contribution in [2.75, 3.05) is 5.32 Å². The van der Waals surface area contributed by atoms with Crippen molar-refractivity contribution in [3.05, 3.63) is 71.2 Å². The molecule has 0 atom stereocenters. The Kier molecular flexibility index (Phi) is 4.57. The molecule has 2 aromatic carbocycles. The normalized spacial score (nSPS) is 11.0. The van der Waals surface area contributed by atoms with Gasteiger partial charge >= 0.3 is 0 Å². The van der Waals surface area contributed by atoms with Gasteiger partial charge in [-0.15, -0.1) is 0 Å². The lowest BCUT2D eigenvalue weighted by molar-refractivity contribution is 0.102. The van der Waals surface area contributed by atoms with Crippen LogP contribution in [0.25, 0.3) is 10.8 Å². The van der Waals surface area contributed by atoms with E-state index in [4.69, 9.17) is 9.26 Å². The van der Waals surface area contributed by atoms with Crippen LogP contribution in [0.2, 0.25) is 0 Å². The topological polar surface area (TPSA) is 82.2 Å². The number of aromatic nitrogens is 3. The molecule has 7 heteroatoms. The van der Waals surface area contributed by atoms with Crippen LogP contribution >= 0.6 is 0 Å². The zero-order valence-corrected chi connectivity index (χ0v) is 15.9. The second-order valence-corrected chi connectivity index (χ2v) is 6.62. The minimum Gasteiger partial charge on any atom is -0.488 e. The monoisotopic (exact) mass is 376 g/mol. The van der Waals surface area contributed by atoms with E-state index in [-0.39, 0.29) is 12.5 Å². The molecule has 1 N–H and O–H groups in total. The Labute approximate surface area is 161 Å². The lowest BCUT2D eigenvalue weighted by atomic mass is 10.1. The molecule has 1 amide bonds. The third-order valence-corrected chi connectivity index (χ3v) is 4.60. The molecule has 0 aliphatic carbocycles. The van der Waals surface area contributed by atoms with Crippen molar-refractivity contribution in [3.8, 4) is 5.75 Å². The van der Waals surface area contributed by atoms with Crippen LogP contribution in [0.4, 0.5) is 5.82 Å². The molecule has 0 aliphatic rings. The van der Waals surface area contributed by atoms with Gasteiger partial charge in [0.1, 0.15) is 18.1 Å². The van der Waals surface area contributed by atoms with Gasteiger partial charge in [0.2, 0.25) is 0 Å². The summed E-state index contributed by atoms with van der Waals surface area (Å²) < 4.78 is 12.9. The first-order chi connectivity index (χ1) is 13.5. The zero-order valence-electron chi connectivity index (χ0n) is 15.9. The highest BCUT2D eigenvalue weighted by atomic mass is 16.5. The SMILES string of the molecule is Cc1noc(C)c1COc1cc2ccccc2cc1C(=O)Nc1ccn(C)n1. The fourth-order valence-corrected chi connectivity index (χ4v) is 3.04. The largest absolute Gasteiger partial charge is 0.488 e.